The standard InChI is InChI=1S/C13H16BrN3/c1-9-13(14)10(2)17(16-9)8-7-11-5-3-4-6-12(11)15/h3-6H,7-8,15H2,1-2H3. The van der Waals surface area contributed by atoms with Gasteiger partial charge >= 0.3 is 0 Å². The van der Waals surface area contributed by atoms with E-state index in [-0.39, 0.29) is 0 Å². The molecular weight excluding hydrogens is 278 g/mol. The van der Waals surface area contributed by atoms with Crippen LogP contribution in [0, 0.1) is 13.8 Å². The van der Waals surface area contributed by atoms with Crippen LogP contribution in [0.5, 0.6) is 0 Å². The smallest absolute Gasteiger partial charge is 0.0738 e. The highest BCUT2D eigenvalue weighted by Crippen LogP contribution is 2.20. The van der Waals surface area contributed by atoms with Gasteiger partial charge in [0, 0.05) is 17.9 Å². The Kier molecular flexibility index (Phi) is 3.52. The van der Waals surface area contributed by atoms with E-state index < -0.39 is 0 Å². The van der Waals surface area contributed by atoms with E-state index in [0.29, 0.717) is 0 Å². The Balaban J connectivity index is 2.13. The van der Waals surface area contributed by atoms with E-state index in [9.17, 15) is 0 Å². The van der Waals surface area contributed by atoms with Gasteiger partial charge in [0.2, 0.25) is 0 Å². The maximum absolute atomic E-state index is 5.92. The van der Waals surface area contributed by atoms with E-state index >= 15 is 0 Å². The molecule has 2 rings (SSSR count). The number of nitrogens with two attached hydrogens (primary N) is 1. The molecule has 0 unspecified atom stereocenters. The zero-order valence-corrected chi connectivity index (χ0v) is 11.7. The zero-order valence-electron chi connectivity index (χ0n) is 10.1. The summed E-state index contributed by atoms with van der Waals surface area (Å²) in [5.74, 6) is 0. The molecule has 0 atom stereocenters. The van der Waals surface area contributed by atoms with Crippen LogP contribution in [-0.4, -0.2) is 9.78 Å². The van der Waals surface area contributed by atoms with Crippen molar-refractivity contribution in [3.8, 4) is 0 Å². The number of hydrogen-bond donors (Lipinski definition) is 1. The topological polar surface area (TPSA) is 43.8 Å². The third kappa shape index (κ3) is 2.52. The number of rotatable bonds is 3. The van der Waals surface area contributed by atoms with Crippen molar-refractivity contribution in [2.75, 3.05) is 5.73 Å². The van der Waals surface area contributed by atoms with Gasteiger partial charge in [0.15, 0.2) is 0 Å². The maximum atomic E-state index is 5.92. The average molecular weight is 294 g/mol. The molecule has 0 spiro atoms. The van der Waals surface area contributed by atoms with Crippen molar-refractivity contribution in [2.24, 2.45) is 0 Å². The van der Waals surface area contributed by atoms with E-state index in [0.717, 1.165) is 34.5 Å². The van der Waals surface area contributed by atoms with Crippen LogP contribution in [0.25, 0.3) is 0 Å². The molecule has 0 radical (unpaired) electrons. The van der Waals surface area contributed by atoms with Crippen LogP contribution in [0.1, 0.15) is 17.0 Å². The van der Waals surface area contributed by atoms with Crippen LogP contribution in [0.15, 0.2) is 28.7 Å². The molecule has 1 aromatic heterocycles. The highest BCUT2D eigenvalue weighted by molar-refractivity contribution is 9.10. The fourth-order valence-corrected chi connectivity index (χ4v) is 2.16. The fraction of sp³-hybridized carbons (Fsp3) is 0.308. The van der Waals surface area contributed by atoms with Crippen molar-refractivity contribution in [3.05, 3.63) is 45.7 Å². The quantitative estimate of drug-likeness (QED) is 0.884. The first-order chi connectivity index (χ1) is 8.09. The summed E-state index contributed by atoms with van der Waals surface area (Å²) in [7, 11) is 0. The molecule has 0 fully saturated rings. The van der Waals surface area contributed by atoms with Crippen LogP contribution in [-0.2, 0) is 13.0 Å². The normalized spacial score (nSPS) is 10.8. The maximum Gasteiger partial charge on any atom is 0.0738 e. The summed E-state index contributed by atoms with van der Waals surface area (Å²) in [6, 6.07) is 7.98. The Bertz CT molecular complexity index is 531. The summed E-state index contributed by atoms with van der Waals surface area (Å²) in [6.45, 7) is 4.93. The minimum Gasteiger partial charge on any atom is -0.399 e. The van der Waals surface area contributed by atoms with Crippen LogP contribution in [0.4, 0.5) is 5.69 Å². The predicted molar refractivity (Wildman–Crippen MR) is 74.0 cm³/mol. The monoisotopic (exact) mass is 293 g/mol. The Morgan fingerprint density at radius 1 is 1.29 bits per heavy atom. The summed E-state index contributed by atoms with van der Waals surface area (Å²) in [5.41, 5.74) is 10.1. The largest absolute Gasteiger partial charge is 0.399 e. The Hall–Kier alpha value is -1.29. The summed E-state index contributed by atoms with van der Waals surface area (Å²) >= 11 is 3.53. The molecule has 1 heterocycles. The van der Waals surface area contributed by atoms with Gasteiger partial charge in [0.1, 0.15) is 0 Å². The number of anilines is 1. The van der Waals surface area contributed by atoms with Gasteiger partial charge in [0.25, 0.3) is 0 Å². The molecule has 4 heteroatoms. The van der Waals surface area contributed by atoms with Crippen molar-refractivity contribution in [2.45, 2.75) is 26.8 Å². The SMILES string of the molecule is Cc1nn(CCc2ccccc2N)c(C)c1Br. The van der Waals surface area contributed by atoms with Gasteiger partial charge in [-0.25, -0.2) is 0 Å². The molecule has 0 bridgehead atoms. The van der Waals surface area contributed by atoms with Crippen LogP contribution in [0.3, 0.4) is 0 Å². The van der Waals surface area contributed by atoms with E-state index in [1.807, 2.05) is 29.8 Å². The number of hydrogen-bond acceptors (Lipinski definition) is 2. The van der Waals surface area contributed by atoms with Gasteiger partial charge in [-0.2, -0.15) is 5.10 Å². The van der Waals surface area contributed by atoms with E-state index in [1.165, 1.54) is 5.56 Å². The summed E-state index contributed by atoms with van der Waals surface area (Å²) < 4.78 is 3.12. The number of aromatic nitrogens is 2. The lowest BCUT2D eigenvalue weighted by molar-refractivity contribution is 0.594. The average Bonchev–Trinajstić information content (AvgIpc) is 2.56. The molecule has 0 aliphatic heterocycles. The van der Waals surface area contributed by atoms with Gasteiger partial charge in [-0.05, 0) is 47.8 Å². The summed E-state index contributed by atoms with van der Waals surface area (Å²) in [6.07, 6.45) is 0.904. The van der Waals surface area contributed by atoms with Crippen LogP contribution < -0.4 is 5.73 Å². The van der Waals surface area contributed by atoms with E-state index in [4.69, 9.17) is 5.73 Å². The molecule has 1 aromatic carbocycles. The van der Waals surface area contributed by atoms with Gasteiger partial charge in [-0.1, -0.05) is 18.2 Å². The first-order valence-corrected chi connectivity index (χ1v) is 6.42. The van der Waals surface area contributed by atoms with Crippen LogP contribution in [0.2, 0.25) is 0 Å². The van der Waals surface area contributed by atoms with E-state index in [1.54, 1.807) is 0 Å². The number of benzene rings is 1. The molecule has 90 valence electrons. The molecule has 2 aromatic rings. The Labute approximate surface area is 110 Å². The number of nitrogen functional groups attached to an aromatic ring is 1. The predicted octanol–water partition coefficient (Wildman–Crippen LogP) is 3.09. The molecule has 0 saturated carbocycles. The zero-order chi connectivity index (χ0) is 12.4. The first-order valence-electron chi connectivity index (χ1n) is 5.62. The third-order valence-electron chi connectivity index (χ3n) is 2.94. The molecule has 0 amide bonds. The minimum absolute atomic E-state index is 0.854. The fourth-order valence-electron chi connectivity index (χ4n) is 1.88. The third-order valence-corrected chi connectivity index (χ3v) is 4.09. The van der Waals surface area contributed by atoms with Gasteiger partial charge < -0.3 is 5.73 Å². The lowest BCUT2D eigenvalue weighted by Crippen LogP contribution is -2.06. The summed E-state index contributed by atoms with van der Waals surface area (Å²) in [5, 5.41) is 4.48. The molecular formula is C13H16BrN3. The molecule has 0 saturated heterocycles. The van der Waals surface area contributed by atoms with Crippen molar-refractivity contribution in [3.63, 3.8) is 0 Å². The van der Waals surface area contributed by atoms with Gasteiger partial charge in [-0.3, -0.25) is 4.68 Å². The second-order valence-electron chi connectivity index (χ2n) is 4.16. The molecule has 0 aliphatic carbocycles. The second kappa shape index (κ2) is 4.92. The van der Waals surface area contributed by atoms with Crippen molar-refractivity contribution in [1.29, 1.82) is 0 Å². The minimum atomic E-state index is 0.854. The highest BCUT2D eigenvalue weighted by Gasteiger charge is 2.08. The lowest BCUT2D eigenvalue weighted by atomic mass is 10.1. The first kappa shape index (κ1) is 12.2. The molecule has 3 nitrogen and oxygen atoms in total. The number of para-hydroxylation sites is 1. The highest BCUT2D eigenvalue weighted by atomic mass is 79.9. The second-order valence-corrected chi connectivity index (χ2v) is 4.95. The summed E-state index contributed by atoms with van der Waals surface area (Å²) in [4.78, 5) is 0. The van der Waals surface area contributed by atoms with Crippen molar-refractivity contribution in [1.82, 2.24) is 9.78 Å². The lowest BCUT2D eigenvalue weighted by Gasteiger charge is -2.07. The number of halogens is 1. The molecule has 0 aliphatic rings. The van der Waals surface area contributed by atoms with Crippen molar-refractivity contribution < 1.29 is 0 Å². The Morgan fingerprint density at radius 2 is 2.00 bits per heavy atom. The van der Waals surface area contributed by atoms with Gasteiger partial charge in [0.05, 0.1) is 10.2 Å². The molecule has 17 heavy (non-hydrogen) atoms. The Morgan fingerprint density at radius 3 is 2.59 bits per heavy atom. The number of aryl methyl sites for hydroxylation is 3. The molecule has 2 N–H and O–H groups in total. The van der Waals surface area contributed by atoms with E-state index in [2.05, 4.69) is 34.0 Å². The number of nitrogens with zero attached hydrogens (tertiary/aromatic N) is 2. The van der Waals surface area contributed by atoms with Crippen molar-refractivity contribution >= 4 is 21.6 Å². The van der Waals surface area contributed by atoms with Crippen LogP contribution >= 0.6 is 15.9 Å². The van der Waals surface area contributed by atoms with Gasteiger partial charge in [-0.15, -0.1) is 0 Å².